The highest BCUT2D eigenvalue weighted by Gasteiger charge is 2.18. The second kappa shape index (κ2) is 12.4. The Bertz CT molecular complexity index is 926. The number of nitrogens with zero attached hydrogens (tertiary/aromatic N) is 5. The summed E-state index contributed by atoms with van der Waals surface area (Å²) >= 11 is 0. The lowest BCUT2D eigenvalue weighted by Gasteiger charge is -2.26. The molecule has 0 atom stereocenters. The van der Waals surface area contributed by atoms with Crippen molar-refractivity contribution in [3.63, 3.8) is 0 Å². The van der Waals surface area contributed by atoms with Crippen molar-refractivity contribution in [1.82, 2.24) is 19.9 Å². The predicted octanol–water partition coefficient (Wildman–Crippen LogP) is 1.43. The van der Waals surface area contributed by atoms with Crippen molar-refractivity contribution in [2.24, 2.45) is 5.10 Å². The summed E-state index contributed by atoms with van der Waals surface area (Å²) < 4.78 is 16.4. The van der Waals surface area contributed by atoms with Gasteiger partial charge in [-0.2, -0.15) is 20.1 Å². The number of amides is 1. The fourth-order valence-corrected chi connectivity index (χ4v) is 2.99. The Kier molecular flexibility index (Phi) is 9.00. The molecule has 0 unspecified atom stereocenters. The number of benzene rings is 1. The van der Waals surface area contributed by atoms with E-state index in [4.69, 9.17) is 14.2 Å². The first-order valence-corrected chi connectivity index (χ1v) is 10.8. The van der Waals surface area contributed by atoms with Crippen LogP contribution in [0.4, 0.5) is 17.8 Å². The van der Waals surface area contributed by atoms with E-state index in [-0.39, 0.29) is 12.5 Å². The van der Waals surface area contributed by atoms with E-state index in [2.05, 4.69) is 36.1 Å². The molecule has 12 heteroatoms. The lowest BCUT2D eigenvalue weighted by Crippen LogP contribution is -2.43. The number of anilines is 3. The average Bonchev–Trinajstić information content (AvgIpc) is 2.83. The summed E-state index contributed by atoms with van der Waals surface area (Å²) in [5.41, 5.74) is 3.58. The van der Waals surface area contributed by atoms with E-state index in [0.29, 0.717) is 68.7 Å². The van der Waals surface area contributed by atoms with E-state index in [0.717, 1.165) is 5.56 Å². The fraction of sp³-hybridized carbons (Fsp3) is 0.476. The monoisotopic (exact) mass is 458 g/mol. The molecular weight excluding hydrogens is 428 g/mol. The van der Waals surface area contributed by atoms with E-state index >= 15 is 0 Å². The van der Waals surface area contributed by atoms with Gasteiger partial charge in [0.05, 0.1) is 26.5 Å². The highest BCUT2D eigenvalue weighted by atomic mass is 16.5. The van der Waals surface area contributed by atoms with Crippen molar-refractivity contribution < 1.29 is 19.0 Å². The maximum absolute atomic E-state index is 12.3. The number of morpholine rings is 1. The summed E-state index contributed by atoms with van der Waals surface area (Å²) in [7, 11) is 1.54. The molecule has 1 aromatic heterocycles. The van der Waals surface area contributed by atoms with E-state index in [1.54, 1.807) is 30.4 Å². The molecule has 3 N–H and O–H groups in total. The van der Waals surface area contributed by atoms with Crippen LogP contribution in [0.1, 0.15) is 19.4 Å². The van der Waals surface area contributed by atoms with Gasteiger partial charge in [0.15, 0.2) is 18.1 Å². The minimum atomic E-state index is -0.0820. The Balaban J connectivity index is 1.61. The molecule has 2 aromatic rings. The van der Waals surface area contributed by atoms with Crippen LogP contribution in [0, 0.1) is 0 Å². The average molecular weight is 459 g/mol. The molecular formula is C21H30N8O4. The molecule has 1 amide bonds. The Labute approximate surface area is 192 Å². The number of methoxy groups -OCH3 is 1. The summed E-state index contributed by atoms with van der Waals surface area (Å²) in [5, 5.41) is 10.3. The second-order valence-corrected chi connectivity index (χ2v) is 6.93. The van der Waals surface area contributed by atoms with Crippen molar-refractivity contribution >= 4 is 30.0 Å². The molecule has 1 saturated heterocycles. The number of carbonyl (C=O) groups excluding carboxylic acids is 1. The number of carbonyl (C=O) groups is 1. The zero-order chi connectivity index (χ0) is 23.5. The number of rotatable bonds is 11. The van der Waals surface area contributed by atoms with Crippen LogP contribution in [-0.4, -0.2) is 85.1 Å². The summed E-state index contributed by atoms with van der Waals surface area (Å²) in [5.74, 6) is 2.11. The van der Waals surface area contributed by atoms with E-state index in [9.17, 15) is 4.79 Å². The summed E-state index contributed by atoms with van der Waals surface area (Å²) in [4.78, 5) is 26.8. The maximum Gasteiger partial charge on any atom is 0.260 e. The first-order valence-electron chi connectivity index (χ1n) is 10.8. The Hall–Kier alpha value is -3.67. The number of aromatic nitrogens is 3. The minimum Gasteiger partial charge on any atom is -0.493 e. The summed E-state index contributed by atoms with van der Waals surface area (Å²) in [6, 6.07) is 5.31. The zero-order valence-electron chi connectivity index (χ0n) is 19.1. The molecule has 0 aliphatic carbocycles. The lowest BCUT2D eigenvalue weighted by molar-refractivity contribution is -0.137. The molecule has 178 valence electrons. The molecule has 0 spiro atoms. The number of hydrazone groups is 1. The van der Waals surface area contributed by atoms with Crippen LogP contribution >= 0.6 is 0 Å². The Morgan fingerprint density at radius 3 is 2.39 bits per heavy atom. The largest absolute Gasteiger partial charge is 0.493 e. The highest BCUT2D eigenvalue weighted by Crippen LogP contribution is 2.27. The van der Waals surface area contributed by atoms with Crippen molar-refractivity contribution in [2.75, 3.05) is 69.2 Å². The van der Waals surface area contributed by atoms with Gasteiger partial charge in [0.2, 0.25) is 17.8 Å². The molecule has 2 heterocycles. The quantitative estimate of drug-likeness (QED) is 0.335. The van der Waals surface area contributed by atoms with Crippen molar-refractivity contribution in [3.8, 4) is 11.5 Å². The fourth-order valence-electron chi connectivity index (χ4n) is 2.99. The van der Waals surface area contributed by atoms with Gasteiger partial charge in [0.25, 0.3) is 5.91 Å². The number of ether oxygens (including phenoxy) is 3. The van der Waals surface area contributed by atoms with Gasteiger partial charge in [-0.05, 0) is 37.6 Å². The number of hydrogen-bond acceptors (Lipinski definition) is 11. The molecule has 0 radical (unpaired) electrons. The molecule has 1 aliphatic heterocycles. The van der Waals surface area contributed by atoms with Gasteiger partial charge in [-0.1, -0.05) is 0 Å². The van der Waals surface area contributed by atoms with Crippen LogP contribution in [0.25, 0.3) is 0 Å². The lowest BCUT2D eigenvalue weighted by atomic mass is 10.2. The van der Waals surface area contributed by atoms with Crippen LogP contribution in [0.3, 0.4) is 0 Å². The molecule has 1 aromatic carbocycles. The van der Waals surface area contributed by atoms with Gasteiger partial charge >= 0.3 is 0 Å². The standard InChI is InChI=1S/C21H30N8O4/c1-4-22-19-25-20(23-5-2)27-21(26-19)28-24-13-15-6-7-16(17(12-15)31-3)33-14-18(30)29-8-10-32-11-9-29/h6-7,12-13H,4-5,8-11,14H2,1-3H3,(H3,22,23,25,26,27,28)/b24-13+. The SMILES string of the molecule is CCNc1nc(NCC)nc(N/N=C/c2ccc(OCC(=O)N3CCOCC3)c(OC)c2)n1. The van der Waals surface area contributed by atoms with Crippen LogP contribution in [0.2, 0.25) is 0 Å². The number of hydrogen-bond donors (Lipinski definition) is 3. The third-order valence-corrected chi connectivity index (χ3v) is 4.59. The predicted molar refractivity (Wildman–Crippen MR) is 125 cm³/mol. The summed E-state index contributed by atoms with van der Waals surface area (Å²) in [6.45, 7) is 7.48. The van der Waals surface area contributed by atoms with E-state index in [1.165, 1.54) is 0 Å². The smallest absolute Gasteiger partial charge is 0.260 e. The van der Waals surface area contributed by atoms with Crippen molar-refractivity contribution in [1.29, 1.82) is 0 Å². The molecule has 1 aliphatic rings. The zero-order valence-corrected chi connectivity index (χ0v) is 19.1. The first-order chi connectivity index (χ1) is 16.1. The van der Waals surface area contributed by atoms with E-state index < -0.39 is 0 Å². The van der Waals surface area contributed by atoms with Crippen molar-refractivity contribution in [3.05, 3.63) is 23.8 Å². The normalized spacial score (nSPS) is 13.6. The Morgan fingerprint density at radius 1 is 1.09 bits per heavy atom. The third-order valence-electron chi connectivity index (χ3n) is 4.59. The maximum atomic E-state index is 12.3. The van der Waals surface area contributed by atoms with Gasteiger partial charge in [-0.25, -0.2) is 5.43 Å². The minimum absolute atomic E-state index is 0.0625. The topological polar surface area (TPSA) is 135 Å². The molecule has 33 heavy (non-hydrogen) atoms. The molecule has 3 rings (SSSR count). The van der Waals surface area contributed by atoms with Crippen molar-refractivity contribution in [2.45, 2.75) is 13.8 Å². The highest BCUT2D eigenvalue weighted by molar-refractivity contribution is 5.81. The molecule has 0 saturated carbocycles. The second-order valence-electron chi connectivity index (χ2n) is 6.93. The first kappa shape index (κ1) is 24.0. The molecule has 1 fully saturated rings. The van der Waals surface area contributed by atoms with Gasteiger partial charge in [-0.3, -0.25) is 4.79 Å². The van der Waals surface area contributed by atoms with Gasteiger partial charge in [-0.15, -0.1) is 0 Å². The third kappa shape index (κ3) is 7.17. The van der Waals surface area contributed by atoms with Gasteiger partial charge in [0.1, 0.15) is 0 Å². The summed E-state index contributed by atoms with van der Waals surface area (Å²) in [6.07, 6.45) is 1.61. The van der Waals surface area contributed by atoms with Crippen LogP contribution < -0.4 is 25.5 Å². The van der Waals surface area contributed by atoms with Crippen LogP contribution in [0.15, 0.2) is 23.3 Å². The number of nitrogens with one attached hydrogen (secondary N) is 3. The molecule has 12 nitrogen and oxygen atoms in total. The Morgan fingerprint density at radius 2 is 1.76 bits per heavy atom. The molecule has 0 bridgehead atoms. The van der Waals surface area contributed by atoms with Gasteiger partial charge < -0.3 is 29.7 Å². The van der Waals surface area contributed by atoms with Crippen LogP contribution in [-0.2, 0) is 9.53 Å². The van der Waals surface area contributed by atoms with Gasteiger partial charge in [0, 0.05) is 26.2 Å². The van der Waals surface area contributed by atoms with Crippen LogP contribution in [0.5, 0.6) is 11.5 Å². The van der Waals surface area contributed by atoms with E-state index in [1.807, 2.05) is 19.9 Å².